The number of rotatable bonds is 3. The van der Waals surface area contributed by atoms with Crippen molar-refractivity contribution in [3.8, 4) is 0 Å². The molecule has 0 saturated heterocycles. The van der Waals surface area contributed by atoms with Crippen LogP contribution in [0.4, 0.5) is 0 Å². The molecule has 1 heteroatoms. The molecular formula is C12H20O. The molecule has 13 heavy (non-hydrogen) atoms. The highest BCUT2D eigenvalue weighted by atomic mass is 16.1. The van der Waals surface area contributed by atoms with Crippen molar-refractivity contribution in [2.75, 3.05) is 0 Å². The van der Waals surface area contributed by atoms with Gasteiger partial charge in [-0.3, -0.25) is 4.79 Å². The van der Waals surface area contributed by atoms with Crippen LogP contribution in [0, 0.1) is 17.8 Å². The monoisotopic (exact) mass is 180 g/mol. The Labute approximate surface area is 81.2 Å². The highest BCUT2D eigenvalue weighted by Gasteiger charge is 2.24. The normalized spacial score (nSPS) is 30.9. The van der Waals surface area contributed by atoms with E-state index < -0.39 is 0 Å². The highest BCUT2D eigenvalue weighted by molar-refractivity contribution is 5.72. The van der Waals surface area contributed by atoms with E-state index in [0.29, 0.717) is 11.8 Å². The molecule has 0 bridgehead atoms. The first-order valence-corrected chi connectivity index (χ1v) is 5.29. The zero-order valence-electron chi connectivity index (χ0n) is 8.75. The Morgan fingerprint density at radius 1 is 1.38 bits per heavy atom. The lowest BCUT2D eigenvalue weighted by Gasteiger charge is -2.30. The lowest BCUT2D eigenvalue weighted by Crippen LogP contribution is -2.20. The average molecular weight is 180 g/mol. The smallest absolute Gasteiger partial charge is 0.145 e. The molecular weight excluding hydrogens is 160 g/mol. The molecule has 1 rings (SSSR count). The van der Waals surface area contributed by atoms with Crippen molar-refractivity contribution in [3.63, 3.8) is 0 Å². The van der Waals surface area contributed by atoms with Gasteiger partial charge in [0.25, 0.3) is 0 Å². The van der Waals surface area contributed by atoms with Crippen LogP contribution < -0.4 is 0 Å². The molecule has 0 spiro atoms. The van der Waals surface area contributed by atoms with Gasteiger partial charge in [-0.2, -0.15) is 0 Å². The minimum absolute atomic E-state index is 0.394. The fourth-order valence-electron chi connectivity index (χ4n) is 2.20. The zero-order valence-corrected chi connectivity index (χ0v) is 8.75. The van der Waals surface area contributed by atoms with Gasteiger partial charge in [-0.25, -0.2) is 0 Å². The molecule has 0 aromatic rings. The minimum atomic E-state index is 0.394. The molecule has 0 aliphatic heterocycles. The number of allylic oxidation sites excluding steroid dienone is 1. The summed E-state index contributed by atoms with van der Waals surface area (Å²) in [6.45, 7) is 8.25. The Kier molecular flexibility index (Phi) is 3.71. The van der Waals surface area contributed by atoms with Crippen molar-refractivity contribution in [1.29, 1.82) is 0 Å². The molecule has 0 amide bonds. The van der Waals surface area contributed by atoms with Gasteiger partial charge in [0.15, 0.2) is 0 Å². The summed E-state index contributed by atoms with van der Waals surface area (Å²) in [5, 5.41) is 0. The third kappa shape index (κ3) is 2.68. The van der Waals surface area contributed by atoms with Crippen LogP contribution in [0.1, 0.15) is 39.5 Å². The van der Waals surface area contributed by atoms with Crippen LogP contribution >= 0.6 is 0 Å². The van der Waals surface area contributed by atoms with Gasteiger partial charge in [0.2, 0.25) is 0 Å². The van der Waals surface area contributed by atoms with Crippen LogP contribution in [0.5, 0.6) is 0 Å². The summed E-state index contributed by atoms with van der Waals surface area (Å²) in [6.07, 6.45) is 6.11. The maximum atomic E-state index is 10.6. The zero-order chi connectivity index (χ0) is 9.84. The second-order valence-electron chi connectivity index (χ2n) is 4.50. The molecule has 0 aromatic heterocycles. The lowest BCUT2D eigenvalue weighted by atomic mass is 9.75. The second-order valence-corrected chi connectivity index (χ2v) is 4.50. The Bertz CT molecular complexity index is 187. The quantitative estimate of drug-likeness (QED) is 0.481. The first-order valence-electron chi connectivity index (χ1n) is 5.29. The summed E-state index contributed by atoms with van der Waals surface area (Å²) in [7, 11) is 0. The molecule has 1 unspecified atom stereocenters. The van der Waals surface area contributed by atoms with E-state index in [0.717, 1.165) is 17.8 Å². The minimum Gasteiger partial charge on any atom is -0.298 e. The molecule has 1 fully saturated rings. The Hall–Kier alpha value is -0.590. The molecule has 0 radical (unpaired) electrons. The molecule has 1 aliphatic rings. The van der Waals surface area contributed by atoms with Crippen molar-refractivity contribution in [2.45, 2.75) is 39.5 Å². The molecule has 0 heterocycles. The number of carbonyl (C=O) groups is 1. The lowest BCUT2D eigenvalue weighted by molar-refractivity contribution is -0.105. The first-order chi connectivity index (χ1) is 6.15. The fourth-order valence-corrected chi connectivity index (χ4v) is 2.20. The third-order valence-electron chi connectivity index (χ3n) is 3.50. The van der Waals surface area contributed by atoms with E-state index in [1.807, 2.05) is 0 Å². The van der Waals surface area contributed by atoms with E-state index in [1.54, 1.807) is 0 Å². The van der Waals surface area contributed by atoms with Crippen LogP contribution in [0.25, 0.3) is 0 Å². The van der Waals surface area contributed by atoms with Gasteiger partial charge in [-0.1, -0.05) is 33.3 Å². The van der Waals surface area contributed by atoms with Crippen LogP contribution in [-0.4, -0.2) is 6.29 Å². The van der Waals surface area contributed by atoms with E-state index in [2.05, 4.69) is 20.4 Å². The van der Waals surface area contributed by atoms with Gasteiger partial charge >= 0.3 is 0 Å². The van der Waals surface area contributed by atoms with Gasteiger partial charge in [-0.15, -0.1) is 0 Å². The van der Waals surface area contributed by atoms with Crippen molar-refractivity contribution in [1.82, 2.24) is 0 Å². The second kappa shape index (κ2) is 4.59. The Balaban J connectivity index is 2.44. The van der Waals surface area contributed by atoms with E-state index >= 15 is 0 Å². The van der Waals surface area contributed by atoms with Gasteiger partial charge < -0.3 is 0 Å². The predicted octanol–water partition coefficient (Wildman–Crippen LogP) is 3.20. The standard InChI is InChI=1S/C12H20O/c1-9-4-6-12(7-5-9)11(3)10(2)8-13/h8-9,11-12H,2,4-7H2,1,3H3. The highest BCUT2D eigenvalue weighted by Crippen LogP contribution is 2.35. The van der Waals surface area contributed by atoms with Gasteiger partial charge in [-0.05, 0) is 36.2 Å². The first kappa shape index (κ1) is 10.5. The maximum absolute atomic E-state index is 10.6. The largest absolute Gasteiger partial charge is 0.298 e. The van der Waals surface area contributed by atoms with Crippen molar-refractivity contribution >= 4 is 6.29 Å². The average Bonchev–Trinajstić information content (AvgIpc) is 2.17. The maximum Gasteiger partial charge on any atom is 0.145 e. The summed E-state index contributed by atoms with van der Waals surface area (Å²) in [6, 6.07) is 0. The van der Waals surface area contributed by atoms with Crippen molar-refractivity contribution in [2.24, 2.45) is 17.8 Å². The van der Waals surface area contributed by atoms with E-state index in [4.69, 9.17) is 0 Å². The number of carbonyl (C=O) groups excluding carboxylic acids is 1. The number of aldehydes is 1. The summed E-state index contributed by atoms with van der Waals surface area (Å²) in [5.41, 5.74) is 0.777. The van der Waals surface area contributed by atoms with Crippen molar-refractivity contribution in [3.05, 3.63) is 12.2 Å². The molecule has 1 atom stereocenters. The predicted molar refractivity (Wildman–Crippen MR) is 55.5 cm³/mol. The van der Waals surface area contributed by atoms with Crippen LogP contribution in [0.2, 0.25) is 0 Å². The Morgan fingerprint density at radius 3 is 2.38 bits per heavy atom. The summed E-state index contributed by atoms with van der Waals surface area (Å²) < 4.78 is 0. The van der Waals surface area contributed by atoms with Gasteiger partial charge in [0.05, 0.1) is 0 Å². The molecule has 74 valence electrons. The van der Waals surface area contributed by atoms with E-state index in [-0.39, 0.29) is 0 Å². The molecule has 0 N–H and O–H groups in total. The van der Waals surface area contributed by atoms with Crippen LogP contribution in [0.15, 0.2) is 12.2 Å². The summed E-state index contributed by atoms with van der Waals surface area (Å²) in [5.74, 6) is 1.98. The molecule has 1 saturated carbocycles. The molecule has 1 nitrogen and oxygen atoms in total. The topological polar surface area (TPSA) is 17.1 Å². The third-order valence-corrected chi connectivity index (χ3v) is 3.50. The number of hydrogen-bond acceptors (Lipinski definition) is 1. The number of hydrogen-bond donors (Lipinski definition) is 0. The molecule has 0 aromatic carbocycles. The Morgan fingerprint density at radius 2 is 1.92 bits per heavy atom. The molecule has 1 aliphatic carbocycles. The van der Waals surface area contributed by atoms with E-state index in [9.17, 15) is 4.79 Å². The van der Waals surface area contributed by atoms with Gasteiger partial charge in [0, 0.05) is 0 Å². The van der Waals surface area contributed by atoms with Crippen LogP contribution in [0.3, 0.4) is 0 Å². The van der Waals surface area contributed by atoms with Gasteiger partial charge in [0.1, 0.15) is 6.29 Å². The van der Waals surface area contributed by atoms with Crippen molar-refractivity contribution < 1.29 is 4.79 Å². The SMILES string of the molecule is C=C(C=O)C(C)C1CCC(C)CC1. The summed E-state index contributed by atoms with van der Waals surface area (Å²) >= 11 is 0. The van der Waals surface area contributed by atoms with Crippen LogP contribution in [-0.2, 0) is 4.79 Å². The fraction of sp³-hybridized carbons (Fsp3) is 0.750. The van der Waals surface area contributed by atoms with E-state index in [1.165, 1.54) is 25.7 Å². The summed E-state index contributed by atoms with van der Waals surface area (Å²) in [4.78, 5) is 10.6.